The number of aromatic nitrogens is 3. The van der Waals surface area contributed by atoms with Gasteiger partial charge in [-0.05, 0) is 43.4 Å². The summed E-state index contributed by atoms with van der Waals surface area (Å²) in [4.78, 5) is 6.37. The van der Waals surface area contributed by atoms with Crippen LogP contribution >= 0.6 is 0 Å². The number of rotatable bonds is 3. The van der Waals surface area contributed by atoms with Crippen LogP contribution < -0.4 is 4.90 Å². The molecule has 1 saturated heterocycles. The molecule has 0 saturated carbocycles. The van der Waals surface area contributed by atoms with E-state index in [9.17, 15) is 4.39 Å². The van der Waals surface area contributed by atoms with Crippen molar-refractivity contribution in [2.45, 2.75) is 32.2 Å². The fourth-order valence-corrected chi connectivity index (χ4v) is 2.76. The molecule has 5 heteroatoms. The largest absolute Gasteiger partial charge is 0.357 e. The number of anilines is 1. The molecule has 0 N–H and O–H groups in total. The number of nitrogens with zero attached hydrogens (tertiary/aromatic N) is 4. The fraction of sp³-hybridized carbons (Fsp3) is 0.467. The summed E-state index contributed by atoms with van der Waals surface area (Å²) in [7, 11) is 0. The van der Waals surface area contributed by atoms with Gasteiger partial charge < -0.3 is 4.90 Å². The van der Waals surface area contributed by atoms with Crippen LogP contribution in [-0.2, 0) is 6.54 Å². The van der Waals surface area contributed by atoms with Crippen molar-refractivity contribution in [2.24, 2.45) is 0 Å². The van der Waals surface area contributed by atoms with Gasteiger partial charge in [0, 0.05) is 25.8 Å². The highest BCUT2D eigenvalue weighted by molar-refractivity contribution is 5.38. The van der Waals surface area contributed by atoms with Crippen LogP contribution in [0.4, 0.5) is 10.2 Å². The zero-order valence-corrected chi connectivity index (χ0v) is 11.7. The fourth-order valence-electron chi connectivity index (χ4n) is 2.76. The molecule has 0 atom stereocenters. The molecule has 1 aliphatic heterocycles. The maximum Gasteiger partial charge on any atom is 0.141 e. The lowest BCUT2D eigenvalue weighted by Crippen LogP contribution is -2.33. The lowest BCUT2D eigenvalue weighted by atomic mass is 9.91. The zero-order chi connectivity index (χ0) is 13.9. The molecule has 20 heavy (non-hydrogen) atoms. The average molecular weight is 274 g/mol. The number of hydrogen-bond donors (Lipinski definition) is 0. The Morgan fingerprint density at radius 3 is 2.65 bits per heavy atom. The van der Waals surface area contributed by atoms with Gasteiger partial charge >= 0.3 is 0 Å². The van der Waals surface area contributed by atoms with E-state index in [2.05, 4.69) is 28.1 Å². The van der Waals surface area contributed by atoms with Gasteiger partial charge in [-0.15, -0.1) is 0 Å². The minimum Gasteiger partial charge on any atom is -0.357 e. The predicted molar refractivity (Wildman–Crippen MR) is 76.3 cm³/mol. The second-order valence-electron chi connectivity index (χ2n) is 5.23. The first-order chi connectivity index (χ1) is 9.76. The molecule has 0 aromatic carbocycles. The van der Waals surface area contributed by atoms with Crippen LogP contribution in [0.1, 0.15) is 31.2 Å². The van der Waals surface area contributed by atoms with Crippen molar-refractivity contribution in [1.82, 2.24) is 14.8 Å². The average Bonchev–Trinajstić information content (AvgIpc) is 2.97. The topological polar surface area (TPSA) is 34.0 Å². The molecule has 2 aromatic heterocycles. The van der Waals surface area contributed by atoms with Gasteiger partial charge in [0.1, 0.15) is 11.6 Å². The van der Waals surface area contributed by atoms with Crippen LogP contribution in [0.2, 0.25) is 0 Å². The van der Waals surface area contributed by atoms with E-state index in [1.165, 1.54) is 17.8 Å². The van der Waals surface area contributed by atoms with Gasteiger partial charge in [-0.25, -0.2) is 9.37 Å². The normalized spacial score (nSPS) is 16.6. The van der Waals surface area contributed by atoms with Gasteiger partial charge in [0.2, 0.25) is 0 Å². The summed E-state index contributed by atoms with van der Waals surface area (Å²) in [5.41, 5.74) is 1.33. The molecule has 2 aromatic rings. The Morgan fingerprint density at radius 2 is 2.05 bits per heavy atom. The maximum absolute atomic E-state index is 12.9. The number of piperidine rings is 1. The van der Waals surface area contributed by atoms with E-state index in [1.807, 2.05) is 10.9 Å². The zero-order valence-electron chi connectivity index (χ0n) is 11.7. The molecule has 3 heterocycles. The van der Waals surface area contributed by atoms with Gasteiger partial charge in [0.15, 0.2) is 0 Å². The molecule has 4 nitrogen and oxygen atoms in total. The van der Waals surface area contributed by atoms with Crippen molar-refractivity contribution in [1.29, 1.82) is 0 Å². The van der Waals surface area contributed by atoms with Crippen molar-refractivity contribution >= 4 is 5.82 Å². The van der Waals surface area contributed by atoms with Crippen molar-refractivity contribution in [3.8, 4) is 0 Å². The van der Waals surface area contributed by atoms with E-state index in [0.29, 0.717) is 5.92 Å². The lowest BCUT2D eigenvalue weighted by molar-refractivity contribution is 0.501. The predicted octanol–water partition coefficient (Wildman–Crippen LogP) is 2.82. The second kappa shape index (κ2) is 5.61. The SMILES string of the molecule is CCn1cc(C2CCN(c3ccc(F)cn3)CC2)cn1. The molecule has 0 spiro atoms. The molecule has 0 bridgehead atoms. The minimum atomic E-state index is -0.282. The first kappa shape index (κ1) is 13.1. The first-order valence-electron chi connectivity index (χ1n) is 7.15. The quantitative estimate of drug-likeness (QED) is 0.863. The molecule has 0 unspecified atom stereocenters. The van der Waals surface area contributed by atoms with E-state index in [4.69, 9.17) is 0 Å². The molecule has 0 radical (unpaired) electrons. The lowest BCUT2D eigenvalue weighted by Gasteiger charge is -2.32. The summed E-state index contributed by atoms with van der Waals surface area (Å²) in [6.07, 6.45) is 7.60. The smallest absolute Gasteiger partial charge is 0.141 e. The Labute approximate surface area is 118 Å². The molecule has 1 aliphatic rings. The molecular formula is C15H19FN4. The van der Waals surface area contributed by atoms with Gasteiger partial charge in [-0.1, -0.05) is 0 Å². The minimum absolute atomic E-state index is 0.282. The molecule has 106 valence electrons. The Morgan fingerprint density at radius 1 is 1.25 bits per heavy atom. The Bertz CT molecular complexity index is 556. The van der Waals surface area contributed by atoms with E-state index in [-0.39, 0.29) is 5.82 Å². The molecule has 1 fully saturated rings. The second-order valence-corrected chi connectivity index (χ2v) is 5.23. The van der Waals surface area contributed by atoms with Gasteiger partial charge in [0.25, 0.3) is 0 Å². The third kappa shape index (κ3) is 2.66. The van der Waals surface area contributed by atoms with Gasteiger partial charge in [-0.2, -0.15) is 5.10 Å². The summed E-state index contributed by atoms with van der Waals surface area (Å²) < 4.78 is 14.9. The van der Waals surface area contributed by atoms with E-state index in [0.717, 1.165) is 38.3 Å². The molecule has 0 amide bonds. The van der Waals surface area contributed by atoms with Crippen molar-refractivity contribution in [3.63, 3.8) is 0 Å². The third-order valence-electron chi connectivity index (χ3n) is 3.98. The highest BCUT2D eigenvalue weighted by Crippen LogP contribution is 2.29. The monoisotopic (exact) mass is 274 g/mol. The Hall–Kier alpha value is -1.91. The third-order valence-corrected chi connectivity index (χ3v) is 3.98. The highest BCUT2D eigenvalue weighted by Gasteiger charge is 2.22. The number of hydrogen-bond acceptors (Lipinski definition) is 3. The summed E-state index contributed by atoms with van der Waals surface area (Å²) in [6, 6.07) is 3.23. The van der Waals surface area contributed by atoms with Crippen molar-refractivity contribution < 1.29 is 4.39 Å². The standard InChI is InChI=1S/C15H19FN4/c1-2-20-11-13(9-18-20)12-5-7-19(8-6-12)15-4-3-14(16)10-17-15/h3-4,9-12H,2,5-8H2,1H3. The molecular weight excluding hydrogens is 255 g/mol. The van der Waals surface area contributed by atoms with Crippen molar-refractivity contribution in [3.05, 3.63) is 42.1 Å². The van der Waals surface area contributed by atoms with Crippen LogP contribution in [0.25, 0.3) is 0 Å². The number of aryl methyl sites for hydroxylation is 1. The summed E-state index contributed by atoms with van der Waals surface area (Å²) in [5, 5.41) is 4.35. The highest BCUT2D eigenvalue weighted by atomic mass is 19.1. The van der Waals surface area contributed by atoms with Crippen LogP contribution in [0.15, 0.2) is 30.7 Å². The van der Waals surface area contributed by atoms with Crippen molar-refractivity contribution in [2.75, 3.05) is 18.0 Å². The van der Waals surface area contributed by atoms with Gasteiger partial charge in [0.05, 0.1) is 12.4 Å². The molecule has 3 rings (SSSR count). The van der Waals surface area contributed by atoms with Gasteiger partial charge in [-0.3, -0.25) is 4.68 Å². The van der Waals surface area contributed by atoms with E-state index >= 15 is 0 Å². The molecule has 0 aliphatic carbocycles. The first-order valence-corrected chi connectivity index (χ1v) is 7.15. The van der Waals surface area contributed by atoms with Crippen LogP contribution in [0.3, 0.4) is 0 Å². The Kier molecular flexibility index (Phi) is 3.67. The summed E-state index contributed by atoms with van der Waals surface area (Å²) in [5.74, 6) is 1.16. The van der Waals surface area contributed by atoms with E-state index in [1.54, 1.807) is 6.07 Å². The number of pyridine rings is 1. The summed E-state index contributed by atoms with van der Waals surface area (Å²) in [6.45, 7) is 4.93. The van der Waals surface area contributed by atoms with Crippen LogP contribution in [0, 0.1) is 5.82 Å². The maximum atomic E-state index is 12.9. The van der Waals surface area contributed by atoms with E-state index < -0.39 is 0 Å². The van der Waals surface area contributed by atoms with Crippen LogP contribution in [0.5, 0.6) is 0 Å². The summed E-state index contributed by atoms with van der Waals surface area (Å²) >= 11 is 0. The number of halogens is 1. The Balaban J connectivity index is 1.63. The van der Waals surface area contributed by atoms with Crippen LogP contribution in [-0.4, -0.2) is 27.9 Å².